The summed E-state index contributed by atoms with van der Waals surface area (Å²) in [6.45, 7) is 4.40. The molecule has 23 heavy (non-hydrogen) atoms. The first-order valence-corrected chi connectivity index (χ1v) is 9.94. The molecule has 0 saturated heterocycles. The van der Waals surface area contributed by atoms with Gasteiger partial charge in [0.2, 0.25) is 0 Å². The summed E-state index contributed by atoms with van der Waals surface area (Å²) in [5.41, 5.74) is -0.268. The Bertz CT molecular complexity index is 548. The first-order chi connectivity index (χ1) is 11.0. The van der Waals surface area contributed by atoms with Gasteiger partial charge in [0.15, 0.2) is 0 Å². The van der Waals surface area contributed by atoms with Crippen LogP contribution in [0.3, 0.4) is 0 Å². The zero-order valence-corrected chi connectivity index (χ0v) is 14.5. The van der Waals surface area contributed by atoms with E-state index >= 15 is 0 Å². The van der Waals surface area contributed by atoms with Gasteiger partial charge < -0.3 is 4.74 Å². The van der Waals surface area contributed by atoms with Crippen molar-refractivity contribution in [2.45, 2.75) is 64.4 Å². The summed E-state index contributed by atoms with van der Waals surface area (Å²) in [7, 11) is 0. The molecule has 4 bridgehead atoms. The quantitative estimate of drug-likeness (QED) is 0.562. The fourth-order valence-electron chi connectivity index (χ4n) is 7.33. The molecule has 2 nitrogen and oxygen atoms in total. The van der Waals surface area contributed by atoms with E-state index in [1.165, 1.54) is 38.5 Å². The minimum Gasteiger partial charge on any atom is -0.459 e. The molecule has 0 heterocycles. The zero-order chi connectivity index (χ0) is 15.8. The molecule has 0 aromatic carbocycles. The summed E-state index contributed by atoms with van der Waals surface area (Å²) in [5.74, 6) is 5.66. The molecule has 5 aliphatic carbocycles. The SMILES string of the molecule is CC(C)(OC(=O)C1CC2C=CC1C2)C1CC2CC1C1CCCC21. The average Bonchev–Trinajstić information content (AvgIpc) is 3.28. The molecule has 5 rings (SSSR count). The molecule has 0 aromatic heterocycles. The van der Waals surface area contributed by atoms with Gasteiger partial charge in [-0.3, -0.25) is 4.79 Å². The van der Waals surface area contributed by atoms with Gasteiger partial charge in [0.1, 0.15) is 5.60 Å². The van der Waals surface area contributed by atoms with Gasteiger partial charge in [0.25, 0.3) is 0 Å². The van der Waals surface area contributed by atoms with E-state index in [1.54, 1.807) is 0 Å². The first kappa shape index (κ1) is 14.5. The van der Waals surface area contributed by atoms with Crippen LogP contribution in [0, 0.1) is 47.3 Å². The highest BCUT2D eigenvalue weighted by molar-refractivity contribution is 5.74. The normalized spacial score (nSPS) is 49.8. The van der Waals surface area contributed by atoms with Crippen LogP contribution in [-0.2, 0) is 9.53 Å². The van der Waals surface area contributed by atoms with E-state index in [0.717, 1.165) is 30.1 Å². The maximum absolute atomic E-state index is 12.8. The van der Waals surface area contributed by atoms with Crippen LogP contribution in [0.15, 0.2) is 12.2 Å². The van der Waals surface area contributed by atoms with Crippen molar-refractivity contribution in [3.05, 3.63) is 12.2 Å². The standard InChI is InChI=1S/C21H30O2/c1-21(2,23-20(22)17-9-12-6-7-13(17)8-12)19-11-14-10-18(19)16-5-3-4-15(14)16/h6-7,12-19H,3-5,8-11H2,1-2H3. The molecule has 2 heteroatoms. The van der Waals surface area contributed by atoms with E-state index < -0.39 is 0 Å². The maximum atomic E-state index is 12.8. The zero-order valence-electron chi connectivity index (χ0n) is 14.5. The number of hydrogen-bond donors (Lipinski definition) is 0. The topological polar surface area (TPSA) is 26.3 Å². The van der Waals surface area contributed by atoms with Crippen molar-refractivity contribution in [2.24, 2.45) is 47.3 Å². The second-order valence-corrected chi connectivity index (χ2v) is 9.67. The number of carbonyl (C=O) groups is 1. The van der Waals surface area contributed by atoms with Crippen molar-refractivity contribution in [1.29, 1.82) is 0 Å². The summed E-state index contributed by atoms with van der Waals surface area (Å²) in [6.07, 6.45) is 13.8. The monoisotopic (exact) mass is 314 g/mol. The fourth-order valence-corrected chi connectivity index (χ4v) is 7.33. The van der Waals surface area contributed by atoms with Crippen molar-refractivity contribution >= 4 is 5.97 Å². The lowest BCUT2D eigenvalue weighted by atomic mass is 9.70. The third-order valence-corrected chi connectivity index (χ3v) is 8.27. The Balaban J connectivity index is 1.29. The van der Waals surface area contributed by atoms with E-state index in [2.05, 4.69) is 26.0 Å². The van der Waals surface area contributed by atoms with Gasteiger partial charge in [-0.2, -0.15) is 0 Å². The molecule has 0 amide bonds. The molecule has 0 N–H and O–H groups in total. The number of rotatable bonds is 3. The minimum absolute atomic E-state index is 0.0950. The van der Waals surface area contributed by atoms with Gasteiger partial charge in [0.05, 0.1) is 5.92 Å². The lowest BCUT2D eigenvalue weighted by molar-refractivity contribution is -0.171. The number of carbonyl (C=O) groups excluding carboxylic acids is 1. The lowest BCUT2D eigenvalue weighted by Crippen LogP contribution is -2.44. The van der Waals surface area contributed by atoms with Gasteiger partial charge in [-0.05, 0) is 87.9 Å². The number of ether oxygens (including phenoxy) is 1. The average molecular weight is 314 g/mol. The predicted molar refractivity (Wildman–Crippen MR) is 89.6 cm³/mol. The van der Waals surface area contributed by atoms with E-state index in [-0.39, 0.29) is 17.5 Å². The maximum Gasteiger partial charge on any atom is 0.310 e. The van der Waals surface area contributed by atoms with Crippen LogP contribution in [0.25, 0.3) is 0 Å². The number of hydrogen-bond acceptors (Lipinski definition) is 2. The molecular formula is C21H30O2. The van der Waals surface area contributed by atoms with Gasteiger partial charge in [-0.1, -0.05) is 18.6 Å². The van der Waals surface area contributed by atoms with E-state index in [0.29, 0.717) is 17.8 Å². The Morgan fingerprint density at radius 1 is 1.00 bits per heavy atom. The molecule has 0 spiro atoms. The molecule has 4 fully saturated rings. The van der Waals surface area contributed by atoms with E-state index in [1.807, 2.05) is 0 Å². The summed E-state index contributed by atoms with van der Waals surface area (Å²) >= 11 is 0. The Labute approximate surface area is 140 Å². The number of allylic oxidation sites excluding steroid dienone is 2. The Kier molecular flexibility index (Phi) is 3.07. The van der Waals surface area contributed by atoms with Gasteiger partial charge >= 0.3 is 5.97 Å². The summed E-state index contributed by atoms with van der Waals surface area (Å²) in [5, 5.41) is 0. The Hall–Kier alpha value is -0.790. The van der Waals surface area contributed by atoms with Crippen molar-refractivity contribution in [3.63, 3.8) is 0 Å². The van der Waals surface area contributed by atoms with Crippen molar-refractivity contribution in [3.8, 4) is 0 Å². The highest BCUT2D eigenvalue weighted by Gasteiger charge is 2.58. The number of esters is 1. The van der Waals surface area contributed by atoms with Crippen molar-refractivity contribution in [1.82, 2.24) is 0 Å². The summed E-state index contributed by atoms with van der Waals surface area (Å²) in [4.78, 5) is 12.8. The van der Waals surface area contributed by atoms with Crippen LogP contribution in [0.1, 0.15) is 58.8 Å². The fraction of sp³-hybridized carbons (Fsp3) is 0.857. The van der Waals surface area contributed by atoms with E-state index in [9.17, 15) is 4.79 Å². The first-order valence-electron chi connectivity index (χ1n) is 9.94. The Morgan fingerprint density at radius 3 is 2.57 bits per heavy atom. The van der Waals surface area contributed by atoms with Crippen LogP contribution < -0.4 is 0 Å². The third kappa shape index (κ3) is 2.09. The smallest absolute Gasteiger partial charge is 0.310 e. The van der Waals surface area contributed by atoms with Crippen LogP contribution in [0.2, 0.25) is 0 Å². The van der Waals surface area contributed by atoms with Crippen LogP contribution in [0.5, 0.6) is 0 Å². The lowest BCUT2D eigenvalue weighted by Gasteiger charge is -2.41. The van der Waals surface area contributed by atoms with Gasteiger partial charge in [-0.25, -0.2) is 0 Å². The number of fused-ring (bicyclic) bond motifs is 7. The predicted octanol–water partition coefficient (Wildman–Crippen LogP) is 4.59. The van der Waals surface area contributed by atoms with Gasteiger partial charge in [-0.15, -0.1) is 0 Å². The highest BCUT2D eigenvalue weighted by Crippen LogP contribution is 2.63. The van der Waals surface area contributed by atoms with E-state index in [4.69, 9.17) is 4.74 Å². The molecule has 8 atom stereocenters. The van der Waals surface area contributed by atoms with Crippen LogP contribution in [-0.4, -0.2) is 11.6 Å². The van der Waals surface area contributed by atoms with Crippen LogP contribution in [0.4, 0.5) is 0 Å². The molecule has 126 valence electrons. The summed E-state index contributed by atoms with van der Waals surface area (Å²) in [6, 6.07) is 0. The molecule has 0 aromatic rings. The Morgan fingerprint density at radius 2 is 1.83 bits per heavy atom. The minimum atomic E-state index is -0.268. The molecule has 5 aliphatic rings. The highest BCUT2D eigenvalue weighted by atomic mass is 16.6. The van der Waals surface area contributed by atoms with Crippen molar-refractivity contribution < 1.29 is 9.53 Å². The molecule has 0 radical (unpaired) electrons. The molecule has 0 aliphatic heterocycles. The van der Waals surface area contributed by atoms with Crippen molar-refractivity contribution in [2.75, 3.05) is 0 Å². The van der Waals surface area contributed by atoms with Crippen LogP contribution >= 0.6 is 0 Å². The molecule has 8 unspecified atom stereocenters. The second kappa shape index (κ2) is 4.86. The second-order valence-electron chi connectivity index (χ2n) is 9.67. The summed E-state index contributed by atoms with van der Waals surface area (Å²) < 4.78 is 6.19. The molecular weight excluding hydrogens is 284 g/mol. The van der Waals surface area contributed by atoms with Gasteiger partial charge in [0, 0.05) is 5.92 Å². The molecule has 4 saturated carbocycles. The largest absolute Gasteiger partial charge is 0.459 e. The third-order valence-electron chi connectivity index (χ3n) is 8.27.